The zero-order valence-corrected chi connectivity index (χ0v) is 15.8. The molecule has 0 atom stereocenters. The van der Waals surface area contributed by atoms with Gasteiger partial charge in [-0.3, -0.25) is 0 Å². The summed E-state index contributed by atoms with van der Waals surface area (Å²) in [6.07, 6.45) is 1.79. The van der Waals surface area contributed by atoms with Gasteiger partial charge in [0.25, 0.3) is 0 Å². The second kappa shape index (κ2) is 16.2. The molecule has 1 heterocycles. The summed E-state index contributed by atoms with van der Waals surface area (Å²) in [5.41, 5.74) is 1.03. The Morgan fingerprint density at radius 3 is 1.29 bits per heavy atom. The van der Waals surface area contributed by atoms with E-state index in [9.17, 15) is 0 Å². The van der Waals surface area contributed by atoms with Gasteiger partial charge in [-0.25, -0.2) is 0 Å². The first-order valence-corrected chi connectivity index (χ1v) is 7.52. The summed E-state index contributed by atoms with van der Waals surface area (Å²) in [6.45, 7) is 0. The molecule has 1 aromatic heterocycles. The summed E-state index contributed by atoms with van der Waals surface area (Å²) in [6, 6.07) is 23.3. The molecule has 0 amide bonds. The molecule has 0 aliphatic carbocycles. The molecule has 3 rings (SSSR count). The van der Waals surface area contributed by atoms with Gasteiger partial charge in [-0.05, 0) is 24.3 Å². The predicted molar refractivity (Wildman–Crippen MR) is 85.6 cm³/mol. The van der Waals surface area contributed by atoms with Crippen LogP contribution in [0.3, 0.4) is 0 Å². The molecule has 0 saturated heterocycles. The van der Waals surface area contributed by atoms with Crippen molar-refractivity contribution in [2.75, 3.05) is 0 Å². The van der Waals surface area contributed by atoms with Crippen molar-refractivity contribution in [2.45, 2.75) is 0 Å². The van der Waals surface area contributed by atoms with E-state index in [1.807, 2.05) is 54.6 Å². The van der Waals surface area contributed by atoms with Gasteiger partial charge >= 0.3 is 59.4 Å². The second-order valence-corrected chi connectivity index (χ2v) is 4.52. The molecule has 0 aliphatic heterocycles. The molecule has 126 valence electrons. The summed E-state index contributed by atoms with van der Waals surface area (Å²) in [5.74, 6) is 0.644. The summed E-state index contributed by atoms with van der Waals surface area (Å²) in [7, 11) is 0. The number of aromatic nitrogens is 1. The minimum atomic E-state index is 0. The van der Waals surface area contributed by atoms with E-state index in [2.05, 4.69) is 4.98 Å². The van der Waals surface area contributed by atoms with Crippen molar-refractivity contribution in [3.05, 3.63) is 90.8 Å². The standard InChI is InChI=1S/C6H5N.2C6H6O.2ClH.Ti/c1-6-4-2-3-5-7-6;2*7-6-4-2-1-3-5-6;;;/h1-5H;2*1-5,7H;2*1H;/p-2. The van der Waals surface area contributed by atoms with Crippen LogP contribution in [0.25, 0.3) is 0 Å². The van der Waals surface area contributed by atoms with Crippen LogP contribution in [-0.4, -0.2) is 19.5 Å². The molecule has 0 fully saturated rings. The second-order valence-electron chi connectivity index (χ2n) is 4.07. The summed E-state index contributed by atoms with van der Waals surface area (Å²) < 4.78 is 1.97. The number of hydrogen-bond acceptors (Lipinski definition) is 3. The van der Waals surface area contributed by atoms with Crippen molar-refractivity contribution in [3.8, 4) is 11.5 Å². The Morgan fingerprint density at radius 2 is 1.08 bits per heavy atom. The molecule has 0 saturated carbocycles. The monoisotopic (exact) mass is 397 g/mol. The van der Waals surface area contributed by atoms with Gasteiger partial charge in [0.15, 0.2) is 0 Å². The van der Waals surface area contributed by atoms with Crippen LogP contribution in [0.1, 0.15) is 5.69 Å². The molecule has 3 aromatic rings. The normalized spacial score (nSPS) is 7.79. The molecule has 0 bridgehead atoms. The number of nitrogens with zero attached hydrogens (tertiary/aromatic N) is 1. The number of phenolic OH excluding ortho intramolecular Hbond substituents is 2. The molecule has 3 nitrogen and oxygen atoms in total. The Bertz CT molecular complexity index is 603. The van der Waals surface area contributed by atoms with Gasteiger partial charge in [0.2, 0.25) is 0 Å². The first kappa shape index (κ1) is 24.6. The van der Waals surface area contributed by atoms with Crippen LogP contribution in [0.4, 0.5) is 0 Å². The number of benzene rings is 2. The summed E-state index contributed by atoms with van der Waals surface area (Å²) >= 11 is 1.97. The van der Waals surface area contributed by atoms with Crippen molar-refractivity contribution in [1.29, 1.82) is 0 Å². The van der Waals surface area contributed by atoms with Crippen LogP contribution in [0.5, 0.6) is 11.5 Å². The number of rotatable bonds is 1. The van der Waals surface area contributed by atoms with Crippen LogP contribution < -0.4 is 24.8 Å². The number of hydrogen-bond donors (Lipinski definition) is 2. The van der Waals surface area contributed by atoms with E-state index in [1.54, 1.807) is 54.7 Å². The molecule has 2 N–H and O–H groups in total. The molecule has 0 unspecified atom stereocenters. The molecule has 2 aromatic carbocycles. The number of pyridine rings is 1. The van der Waals surface area contributed by atoms with Gasteiger partial charge in [-0.15, -0.1) is 0 Å². The Hall–Kier alpha value is -1.65. The van der Waals surface area contributed by atoms with Gasteiger partial charge in [0.05, 0.1) is 0 Å². The maximum absolute atomic E-state index is 8.63. The van der Waals surface area contributed by atoms with Crippen LogP contribution in [0, 0.1) is 0 Å². The summed E-state index contributed by atoms with van der Waals surface area (Å²) in [5, 5.41) is 17.3. The molecular weight excluding hydrogens is 381 g/mol. The quantitative estimate of drug-likeness (QED) is 0.449. The van der Waals surface area contributed by atoms with E-state index in [0.717, 1.165) is 5.69 Å². The van der Waals surface area contributed by atoms with Crippen molar-refractivity contribution in [2.24, 2.45) is 0 Å². The van der Waals surface area contributed by atoms with Crippen LogP contribution >= 0.6 is 0 Å². The Kier molecular flexibility index (Phi) is 16.6. The Balaban J connectivity index is 0. The average molecular weight is 398 g/mol. The molecule has 0 spiro atoms. The van der Waals surface area contributed by atoms with Gasteiger partial charge in [-0.1, -0.05) is 36.4 Å². The van der Waals surface area contributed by atoms with Crippen molar-refractivity contribution in [3.63, 3.8) is 0 Å². The average Bonchev–Trinajstić information content (AvgIpc) is 2.58. The Labute approximate surface area is 166 Å². The van der Waals surface area contributed by atoms with E-state index >= 15 is 0 Å². The van der Waals surface area contributed by atoms with Crippen LogP contribution in [-0.2, 0) is 20.0 Å². The zero-order valence-electron chi connectivity index (χ0n) is 12.8. The number of aromatic hydroxyl groups is 2. The predicted octanol–water partition coefficient (Wildman–Crippen LogP) is -2.43. The van der Waals surface area contributed by atoms with Crippen molar-refractivity contribution < 1.29 is 55.0 Å². The fourth-order valence-corrected chi connectivity index (χ4v) is 1.58. The minimum absolute atomic E-state index is 0. The van der Waals surface area contributed by atoms with E-state index in [1.165, 1.54) is 0 Å². The van der Waals surface area contributed by atoms with Crippen molar-refractivity contribution >= 4 is 4.31 Å². The molecule has 0 radical (unpaired) electrons. The van der Waals surface area contributed by atoms with Crippen molar-refractivity contribution in [1.82, 2.24) is 4.98 Å². The van der Waals surface area contributed by atoms with E-state index < -0.39 is 0 Å². The first-order valence-electron chi connectivity index (χ1n) is 6.62. The molecular formula is C18H17Cl2NO2Ti-2. The van der Waals surface area contributed by atoms with Crippen LogP contribution in [0.15, 0.2) is 85.1 Å². The van der Waals surface area contributed by atoms with Gasteiger partial charge < -0.3 is 35.0 Å². The third kappa shape index (κ3) is 12.9. The van der Waals surface area contributed by atoms with E-state index in [-0.39, 0.29) is 24.8 Å². The number of halogens is 2. The zero-order chi connectivity index (χ0) is 16.0. The van der Waals surface area contributed by atoms with E-state index in [4.69, 9.17) is 10.2 Å². The Morgan fingerprint density at radius 1 is 0.667 bits per heavy atom. The number of para-hydroxylation sites is 2. The third-order valence-corrected chi connectivity index (χ3v) is 2.81. The van der Waals surface area contributed by atoms with E-state index in [0.29, 0.717) is 11.5 Å². The summed E-state index contributed by atoms with van der Waals surface area (Å²) in [4.78, 5) is 4.04. The first-order chi connectivity index (χ1) is 10.7. The molecule has 24 heavy (non-hydrogen) atoms. The third-order valence-electron chi connectivity index (χ3n) is 2.35. The maximum atomic E-state index is 8.63. The topological polar surface area (TPSA) is 53.4 Å². The van der Waals surface area contributed by atoms with Crippen LogP contribution in [0.2, 0.25) is 0 Å². The van der Waals surface area contributed by atoms with Gasteiger partial charge in [0, 0.05) is 0 Å². The molecule has 0 aliphatic rings. The van der Waals surface area contributed by atoms with Gasteiger partial charge in [0.1, 0.15) is 11.5 Å². The fourth-order valence-electron chi connectivity index (χ4n) is 1.32. The fraction of sp³-hybridized carbons (Fsp3) is 0. The number of phenols is 2. The van der Waals surface area contributed by atoms with Gasteiger partial charge in [-0.2, -0.15) is 0 Å². The molecule has 6 heteroatoms. The SMILES string of the molecule is Oc1ccccc1.Oc1ccccc1.[Cl-].[Cl-].[Ti]=[CH]c1ccccn1.